The van der Waals surface area contributed by atoms with Gasteiger partial charge in [-0.3, -0.25) is 9.98 Å². The van der Waals surface area contributed by atoms with Crippen molar-refractivity contribution in [1.82, 2.24) is 0 Å². The van der Waals surface area contributed by atoms with Crippen LogP contribution in [0.1, 0.15) is 12.0 Å². The third kappa shape index (κ3) is 2.68. The number of alkyl halides is 3. The summed E-state index contributed by atoms with van der Waals surface area (Å²) in [6.07, 6.45) is -0.280. The molecule has 3 rings (SSSR count). The van der Waals surface area contributed by atoms with Crippen LogP contribution in [0, 0.1) is 0 Å². The van der Waals surface area contributed by atoms with Crippen molar-refractivity contribution < 1.29 is 13.2 Å². The summed E-state index contributed by atoms with van der Waals surface area (Å²) in [5.74, 6) is 0. The van der Waals surface area contributed by atoms with Crippen LogP contribution < -0.4 is 4.90 Å². The zero-order valence-corrected chi connectivity index (χ0v) is 11.6. The van der Waals surface area contributed by atoms with E-state index in [2.05, 4.69) is 9.98 Å². The molecule has 0 unspecified atom stereocenters. The second-order valence-corrected chi connectivity index (χ2v) is 5.15. The van der Waals surface area contributed by atoms with Gasteiger partial charge >= 0.3 is 6.18 Å². The monoisotopic (exact) mass is 313 g/mol. The van der Waals surface area contributed by atoms with Crippen molar-refractivity contribution in [3.05, 3.63) is 40.1 Å². The number of hydrogen-bond acceptors (Lipinski definition) is 3. The largest absolute Gasteiger partial charge is 0.417 e. The molecule has 0 saturated carbocycles. The summed E-state index contributed by atoms with van der Waals surface area (Å²) in [6, 6.07) is 3.90. The van der Waals surface area contributed by atoms with Gasteiger partial charge in [-0.05, 0) is 23.8 Å². The fraction of sp³-hybridized carbons (Fsp3) is 0.286. The third-order valence-corrected chi connectivity index (χ3v) is 3.74. The van der Waals surface area contributed by atoms with Gasteiger partial charge in [0.15, 0.2) is 0 Å². The van der Waals surface area contributed by atoms with Gasteiger partial charge in [-0.25, -0.2) is 0 Å². The quantitative estimate of drug-likeness (QED) is 0.772. The van der Waals surface area contributed by atoms with Crippen molar-refractivity contribution in [3.8, 4) is 0 Å². The van der Waals surface area contributed by atoms with Crippen LogP contribution in [0.2, 0.25) is 5.02 Å². The molecule has 0 N–H and O–H groups in total. The minimum absolute atomic E-state index is 0.285. The van der Waals surface area contributed by atoms with E-state index < -0.39 is 11.7 Å². The molecule has 1 aromatic carbocycles. The SMILES string of the molecule is FC(F)(F)c1cc(N2CN=CC3=C2CN=CC3)ccc1Cl. The molecule has 2 aliphatic rings. The topological polar surface area (TPSA) is 28.0 Å². The van der Waals surface area contributed by atoms with E-state index >= 15 is 0 Å². The molecule has 0 atom stereocenters. The standard InChI is InChI=1S/C14H11ClF3N3/c15-12-2-1-10(5-11(12)14(16,17)18)21-8-20-6-9-3-4-19-7-13(9)21/h1-2,4-6H,3,7-8H2. The van der Waals surface area contributed by atoms with Crippen LogP contribution in [0.3, 0.4) is 0 Å². The smallest absolute Gasteiger partial charge is 0.323 e. The molecule has 2 aliphatic heterocycles. The van der Waals surface area contributed by atoms with Gasteiger partial charge < -0.3 is 4.90 Å². The molecular weight excluding hydrogens is 303 g/mol. The Balaban J connectivity index is 2.01. The van der Waals surface area contributed by atoms with Gasteiger partial charge in [-0.1, -0.05) is 11.6 Å². The lowest BCUT2D eigenvalue weighted by atomic mass is 10.1. The molecular formula is C14H11ClF3N3. The maximum absolute atomic E-state index is 13.0. The van der Waals surface area contributed by atoms with Crippen molar-refractivity contribution in [3.63, 3.8) is 0 Å². The Hall–Kier alpha value is -1.82. The number of halogens is 4. The van der Waals surface area contributed by atoms with E-state index in [0.29, 0.717) is 18.7 Å². The summed E-state index contributed by atoms with van der Waals surface area (Å²) >= 11 is 5.65. The molecule has 0 aromatic heterocycles. The van der Waals surface area contributed by atoms with E-state index in [4.69, 9.17) is 11.6 Å². The lowest BCUT2D eigenvalue weighted by Gasteiger charge is -2.31. The van der Waals surface area contributed by atoms with Gasteiger partial charge in [0.2, 0.25) is 0 Å². The lowest BCUT2D eigenvalue weighted by molar-refractivity contribution is -0.137. The first kappa shape index (κ1) is 14.1. The van der Waals surface area contributed by atoms with Gasteiger partial charge in [0.05, 0.1) is 17.1 Å². The highest BCUT2D eigenvalue weighted by atomic mass is 35.5. The average Bonchev–Trinajstić information content (AvgIpc) is 2.46. The molecule has 0 bridgehead atoms. The Morgan fingerprint density at radius 1 is 1.19 bits per heavy atom. The number of rotatable bonds is 1. The maximum atomic E-state index is 13.0. The van der Waals surface area contributed by atoms with Crippen molar-refractivity contribution in [2.45, 2.75) is 12.6 Å². The summed E-state index contributed by atoms with van der Waals surface area (Å²) in [6.45, 7) is 0.735. The van der Waals surface area contributed by atoms with E-state index in [9.17, 15) is 13.2 Å². The van der Waals surface area contributed by atoms with Crippen LogP contribution >= 0.6 is 11.6 Å². The van der Waals surface area contributed by atoms with E-state index in [1.165, 1.54) is 6.07 Å². The molecule has 110 valence electrons. The first-order valence-corrected chi connectivity index (χ1v) is 6.69. The summed E-state index contributed by atoms with van der Waals surface area (Å²) in [4.78, 5) is 10.1. The van der Waals surface area contributed by atoms with E-state index in [1.54, 1.807) is 23.4 Å². The molecule has 0 fully saturated rings. The second-order valence-electron chi connectivity index (χ2n) is 4.74. The predicted octanol–water partition coefficient (Wildman–Crippen LogP) is 3.94. The van der Waals surface area contributed by atoms with Crippen LogP contribution in [0.15, 0.2) is 39.5 Å². The van der Waals surface area contributed by atoms with Crippen molar-refractivity contribution in [2.24, 2.45) is 9.98 Å². The zero-order valence-electron chi connectivity index (χ0n) is 10.9. The predicted molar refractivity (Wildman–Crippen MR) is 77.3 cm³/mol. The second kappa shape index (κ2) is 5.18. The first-order chi connectivity index (χ1) is 9.97. The highest BCUT2D eigenvalue weighted by molar-refractivity contribution is 6.31. The van der Waals surface area contributed by atoms with Crippen molar-refractivity contribution in [1.29, 1.82) is 0 Å². The highest BCUT2D eigenvalue weighted by Gasteiger charge is 2.34. The number of dihydropyridines is 1. The van der Waals surface area contributed by atoms with Gasteiger partial charge in [0.25, 0.3) is 0 Å². The fourth-order valence-corrected chi connectivity index (χ4v) is 2.60. The first-order valence-electron chi connectivity index (χ1n) is 6.31. The summed E-state index contributed by atoms with van der Waals surface area (Å²) in [5.41, 5.74) is 1.47. The molecule has 0 radical (unpaired) electrons. The number of benzene rings is 1. The summed E-state index contributed by atoms with van der Waals surface area (Å²) in [5, 5.41) is -0.303. The van der Waals surface area contributed by atoms with Crippen LogP contribution in [-0.2, 0) is 6.18 Å². The highest BCUT2D eigenvalue weighted by Crippen LogP contribution is 2.38. The molecule has 0 saturated heterocycles. The number of allylic oxidation sites excluding steroid dienone is 1. The molecule has 7 heteroatoms. The number of nitrogens with zero attached hydrogens (tertiary/aromatic N) is 3. The molecule has 21 heavy (non-hydrogen) atoms. The minimum Gasteiger partial charge on any atom is -0.323 e. The molecule has 0 amide bonds. The van der Waals surface area contributed by atoms with E-state index in [-0.39, 0.29) is 11.7 Å². The third-order valence-electron chi connectivity index (χ3n) is 3.42. The maximum Gasteiger partial charge on any atom is 0.417 e. The Bertz CT molecular complexity index is 662. The van der Waals surface area contributed by atoms with Crippen LogP contribution in [0.25, 0.3) is 0 Å². The minimum atomic E-state index is -4.48. The Labute approximate surface area is 124 Å². The van der Waals surface area contributed by atoms with Gasteiger partial charge in [-0.2, -0.15) is 13.2 Å². The number of aliphatic imine (C=N–C) groups is 2. The molecule has 3 nitrogen and oxygen atoms in total. The normalized spacial score (nSPS) is 18.2. The van der Waals surface area contributed by atoms with Crippen LogP contribution in [-0.4, -0.2) is 25.6 Å². The molecule has 0 aliphatic carbocycles. The van der Waals surface area contributed by atoms with Crippen molar-refractivity contribution in [2.75, 3.05) is 18.1 Å². The van der Waals surface area contributed by atoms with E-state index in [1.807, 2.05) is 0 Å². The lowest BCUT2D eigenvalue weighted by Crippen LogP contribution is -2.31. The summed E-state index contributed by atoms with van der Waals surface area (Å²) < 4.78 is 38.9. The van der Waals surface area contributed by atoms with Gasteiger partial charge in [-0.15, -0.1) is 0 Å². The van der Waals surface area contributed by atoms with Crippen LogP contribution in [0.4, 0.5) is 18.9 Å². The van der Waals surface area contributed by atoms with Crippen LogP contribution in [0.5, 0.6) is 0 Å². The summed E-state index contributed by atoms with van der Waals surface area (Å²) in [7, 11) is 0. The van der Waals surface area contributed by atoms with Crippen molar-refractivity contribution >= 4 is 29.7 Å². The average molecular weight is 314 g/mol. The Morgan fingerprint density at radius 3 is 2.76 bits per heavy atom. The molecule has 1 aromatic rings. The van der Waals surface area contributed by atoms with Gasteiger partial charge in [0, 0.05) is 30.2 Å². The Kier molecular flexibility index (Phi) is 3.49. The molecule has 0 spiro atoms. The fourth-order valence-electron chi connectivity index (χ4n) is 2.37. The molecule has 2 heterocycles. The number of anilines is 1. The Morgan fingerprint density at radius 2 is 2.00 bits per heavy atom. The van der Waals surface area contributed by atoms with Gasteiger partial charge in [0.1, 0.15) is 6.67 Å². The number of hydrogen-bond donors (Lipinski definition) is 0. The zero-order chi connectivity index (χ0) is 15.0. The van der Waals surface area contributed by atoms with E-state index in [0.717, 1.165) is 17.3 Å².